The van der Waals surface area contributed by atoms with Crippen molar-refractivity contribution in [1.29, 1.82) is 5.26 Å². The number of aromatic nitrogens is 1. The van der Waals surface area contributed by atoms with Crippen LogP contribution < -0.4 is 4.74 Å². The van der Waals surface area contributed by atoms with Gasteiger partial charge in [0.1, 0.15) is 30.0 Å². The summed E-state index contributed by atoms with van der Waals surface area (Å²) in [4.78, 5) is 6.59. The minimum Gasteiger partial charge on any atom is -0.493 e. The lowest BCUT2D eigenvalue weighted by atomic mass is 9.67. The zero-order valence-corrected chi connectivity index (χ0v) is 16.8. The van der Waals surface area contributed by atoms with E-state index in [0.29, 0.717) is 18.2 Å². The first-order valence-electron chi connectivity index (χ1n) is 9.94. The molecule has 1 saturated carbocycles. The molecule has 0 atom stereocenters. The number of halogens is 1. The number of ether oxygens (including phenoxy) is 1. The Balaban J connectivity index is 1.32. The molecule has 148 valence electrons. The summed E-state index contributed by atoms with van der Waals surface area (Å²) in [7, 11) is 0. The van der Waals surface area contributed by atoms with E-state index in [9.17, 15) is 4.39 Å². The maximum Gasteiger partial charge on any atom is 0.150 e. The number of amidine groups is 1. The SMILES string of the molecule is N#Cc1cnc(-c2ccc(OCC34CCC(CC3)N3CCSN=C34)cc2)c(F)c1. The summed E-state index contributed by atoms with van der Waals surface area (Å²) < 4.78 is 25.2. The van der Waals surface area contributed by atoms with Crippen LogP contribution >= 0.6 is 11.9 Å². The Morgan fingerprint density at radius 1 is 1.28 bits per heavy atom. The first-order chi connectivity index (χ1) is 14.2. The summed E-state index contributed by atoms with van der Waals surface area (Å²) >= 11 is 1.67. The molecular weight excluding hydrogens is 387 g/mol. The number of hydrogen-bond donors (Lipinski definition) is 0. The maximum absolute atomic E-state index is 14.2. The van der Waals surface area contributed by atoms with E-state index in [2.05, 4.69) is 9.88 Å². The van der Waals surface area contributed by atoms with E-state index in [1.54, 1.807) is 11.9 Å². The number of rotatable bonds is 4. The molecule has 3 fully saturated rings. The molecule has 4 heterocycles. The van der Waals surface area contributed by atoms with Crippen molar-refractivity contribution in [2.45, 2.75) is 31.7 Å². The summed E-state index contributed by atoms with van der Waals surface area (Å²) in [6.45, 7) is 1.71. The molecule has 2 aromatic rings. The van der Waals surface area contributed by atoms with Crippen LogP contribution in [0.15, 0.2) is 40.9 Å². The van der Waals surface area contributed by atoms with Crippen LogP contribution in [0.25, 0.3) is 11.3 Å². The number of pyridine rings is 1. The lowest BCUT2D eigenvalue weighted by Gasteiger charge is -2.55. The topological polar surface area (TPSA) is 61.5 Å². The van der Waals surface area contributed by atoms with E-state index >= 15 is 0 Å². The number of nitriles is 1. The van der Waals surface area contributed by atoms with Crippen molar-refractivity contribution in [1.82, 2.24) is 9.88 Å². The molecule has 4 aliphatic rings. The number of hydrogen-bond acceptors (Lipinski definition) is 6. The highest BCUT2D eigenvalue weighted by Crippen LogP contribution is 2.48. The number of nitrogens with zero attached hydrogens (tertiary/aromatic N) is 4. The first kappa shape index (κ1) is 18.4. The quantitative estimate of drug-likeness (QED) is 0.700. The predicted octanol–water partition coefficient (Wildman–Crippen LogP) is 4.44. The normalized spacial score (nSPS) is 25.2. The Bertz CT molecular complexity index is 993. The molecule has 0 spiro atoms. The summed E-state index contributed by atoms with van der Waals surface area (Å²) in [5.74, 6) is 2.57. The van der Waals surface area contributed by atoms with Gasteiger partial charge < -0.3 is 9.64 Å². The molecule has 7 heteroatoms. The second-order valence-electron chi connectivity index (χ2n) is 7.93. The predicted molar refractivity (Wildman–Crippen MR) is 111 cm³/mol. The molecule has 0 amide bonds. The van der Waals surface area contributed by atoms with E-state index < -0.39 is 5.82 Å². The smallest absolute Gasteiger partial charge is 0.150 e. The van der Waals surface area contributed by atoms with Gasteiger partial charge in [-0.1, -0.05) is 0 Å². The lowest BCUT2D eigenvalue weighted by Crippen LogP contribution is -2.61. The van der Waals surface area contributed by atoms with Crippen LogP contribution in [0, 0.1) is 22.6 Å². The largest absolute Gasteiger partial charge is 0.493 e. The third kappa shape index (κ3) is 3.25. The van der Waals surface area contributed by atoms with Crippen molar-refractivity contribution >= 4 is 17.8 Å². The molecule has 6 rings (SSSR count). The molecule has 1 aromatic heterocycles. The van der Waals surface area contributed by atoms with E-state index in [1.807, 2.05) is 30.3 Å². The van der Waals surface area contributed by atoms with Gasteiger partial charge >= 0.3 is 0 Å². The summed E-state index contributed by atoms with van der Waals surface area (Å²) in [6, 6.07) is 11.1. The third-order valence-electron chi connectivity index (χ3n) is 6.29. The van der Waals surface area contributed by atoms with Crippen molar-refractivity contribution < 1.29 is 9.13 Å². The van der Waals surface area contributed by atoms with Crippen LogP contribution in [0.5, 0.6) is 5.75 Å². The van der Waals surface area contributed by atoms with Gasteiger partial charge in [-0.3, -0.25) is 4.98 Å². The van der Waals surface area contributed by atoms with Crippen molar-refractivity contribution in [2.75, 3.05) is 18.9 Å². The van der Waals surface area contributed by atoms with Gasteiger partial charge in [0.15, 0.2) is 5.82 Å². The molecule has 2 saturated heterocycles. The Labute approximate surface area is 173 Å². The molecule has 2 bridgehead atoms. The zero-order valence-electron chi connectivity index (χ0n) is 16.0. The molecular formula is C22H21FN4OS. The van der Waals surface area contributed by atoms with Crippen LogP contribution in [-0.4, -0.2) is 40.7 Å². The van der Waals surface area contributed by atoms with Gasteiger partial charge in [0.05, 0.1) is 11.0 Å². The fourth-order valence-electron chi connectivity index (χ4n) is 4.70. The van der Waals surface area contributed by atoms with Crippen LogP contribution in [0.2, 0.25) is 0 Å². The Morgan fingerprint density at radius 2 is 2.07 bits per heavy atom. The number of benzene rings is 1. The van der Waals surface area contributed by atoms with Gasteiger partial charge in [-0.15, -0.1) is 0 Å². The van der Waals surface area contributed by atoms with E-state index in [0.717, 1.165) is 30.9 Å². The first-order valence-corrected chi connectivity index (χ1v) is 10.9. The third-order valence-corrected chi connectivity index (χ3v) is 6.95. The van der Waals surface area contributed by atoms with Crippen molar-refractivity contribution in [3.05, 3.63) is 47.9 Å². The molecule has 0 N–H and O–H groups in total. The van der Waals surface area contributed by atoms with Crippen LogP contribution in [0.1, 0.15) is 31.2 Å². The molecule has 0 radical (unpaired) electrons. The Morgan fingerprint density at radius 3 is 2.79 bits per heavy atom. The van der Waals surface area contributed by atoms with Crippen molar-refractivity contribution in [2.24, 2.45) is 9.81 Å². The number of piperidine rings is 2. The van der Waals surface area contributed by atoms with Gasteiger partial charge in [0.25, 0.3) is 0 Å². The highest BCUT2D eigenvalue weighted by molar-refractivity contribution is 7.98. The second kappa shape index (κ2) is 7.34. The average Bonchev–Trinajstić information content (AvgIpc) is 2.79. The van der Waals surface area contributed by atoms with Gasteiger partial charge in [-0.2, -0.15) is 5.26 Å². The Kier molecular flexibility index (Phi) is 4.67. The highest BCUT2D eigenvalue weighted by atomic mass is 32.2. The van der Waals surface area contributed by atoms with Crippen LogP contribution in [0.3, 0.4) is 0 Å². The van der Waals surface area contributed by atoms with Gasteiger partial charge in [-0.05, 0) is 68.0 Å². The molecule has 1 aromatic carbocycles. The fourth-order valence-corrected chi connectivity index (χ4v) is 5.49. The van der Waals surface area contributed by atoms with Crippen molar-refractivity contribution in [3.63, 3.8) is 0 Å². The number of fused-ring (bicyclic) bond motifs is 2. The van der Waals surface area contributed by atoms with E-state index in [1.165, 1.54) is 30.9 Å². The van der Waals surface area contributed by atoms with Crippen LogP contribution in [-0.2, 0) is 0 Å². The summed E-state index contributed by atoms with van der Waals surface area (Å²) in [5.41, 5.74) is 1.13. The lowest BCUT2D eigenvalue weighted by molar-refractivity contribution is 0.0662. The molecule has 0 unspecified atom stereocenters. The van der Waals surface area contributed by atoms with Crippen LogP contribution in [0.4, 0.5) is 4.39 Å². The summed E-state index contributed by atoms with van der Waals surface area (Å²) in [5, 5.41) is 8.86. The maximum atomic E-state index is 14.2. The molecule has 3 aliphatic heterocycles. The molecule has 5 nitrogen and oxygen atoms in total. The average molecular weight is 409 g/mol. The second-order valence-corrected chi connectivity index (χ2v) is 8.78. The standard InChI is InChI=1S/C22H21FN4OS/c23-19-11-15(12-24)13-25-20(19)16-1-3-18(4-2-16)28-14-22-7-5-17(6-8-22)27-9-10-29-26-21(22)27/h1-4,11,13,17H,5-10,14H2. The van der Waals surface area contributed by atoms with E-state index in [4.69, 9.17) is 14.4 Å². The fraction of sp³-hybridized carbons (Fsp3) is 0.409. The van der Waals surface area contributed by atoms with Gasteiger partial charge in [0.2, 0.25) is 0 Å². The van der Waals surface area contributed by atoms with Crippen molar-refractivity contribution in [3.8, 4) is 23.1 Å². The van der Waals surface area contributed by atoms with Gasteiger partial charge in [0, 0.05) is 30.1 Å². The monoisotopic (exact) mass is 408 g/mol. The van der Waals surface area contributed by atoms with E-state index in [-0.39, 0.29) is 16.7 Å². The Hall–Kier alpha value is -2.59. The minimum absolute atomic E-state index is 0.0155. The molecule has 1 aliphatic carbocycles. The highest BCUT2D eigenvalue weighted by Gasteiger charge is 2.51. The summed E-state index contributed by atoms with van der Waals surface area (Å²) in [6.07, 6.45) is 6.08. The van der Waals surface area contributed by atoms with Gasteiger partial charge in [-0.25, -0.2) is 8.79 Å². The zero-order chi connectivity index (χ0) is 19.8. The molecule has 29 heavy (non-hydrogen) atoms. The minimum atomic E-state index is -0.497.